The molecule has 0 aromatic heterocycles. The Morgan fingerprint density at radius 3 is 0.903 bits per heavy atom. The van der Waals surface area contributed by atoms with E-state index >= 15 is 0 Å². The molecule has 0 aromatic rings. The van der Waals surface area contributed by atoms with Gasteiger partial charge in [0.15, 0.2) is 0 Å². The van der Waals surface area contributed by atoms with Crippen molar-refractivity contribution >= 4 is 58.3 Å². The van der Waals surface area contributed by atoms with Crippen molar-refractivity contribution in [2.24, 2.45) is 0 Å². The zero-order valence-corrected chi connectivity index (χ0v) is 25.3. The van der Waals surface area contributed by atoms with Crippen LogP contribution in [0.2, 0.25) is 0 Å². The first-order valence-electron chi connectivity index (χ1n) is 11.7. The summed E-state index contributed by atoms with van der Waals surface area (Å²) in [6.45, 7) is 13.1. The Morgan fingerprint density at radius 1 is 0.581 bits per heavy atom. The summed E-state index contributed by atoms with van der Waals surface area (Å²) in [5.41, 5.74) is 0. The summed E-state index contributed by atoms with van der Waals surface area (Å²) in [7, 11) is 0. The molecule has 0 aliphatic carbocycles. The molecule has 0 spiro atoms. The molecule has 0 N–H and O–H groups in total. The molecule has 184 valence electrons. The van der Waals surface area contributed by atoms with Crippen LogP contribution in [0.3, 0.4) is 0 Å². The first kappa shape index (κ1) is 36.1. The predicted octanol–water partition coefficient (Wildman–Crippen LogP) is 6.76. The molecule has 0 aliphatic heterocycles. The quantitative estimate of drug-likeness (QED) is 0.0843. The SMILES string of the molecule is CCCCCN(CCCCC)C(=S)[S-].CCCCCN(CCCCC)C(=S)[S-].[O]=[Mo+2]=[O]. The summed E-state index contributed by atoms with van der Waals surface area (Å²) in [5.74, 6) is 0. The molecule has 0 aromatic carbocycles. The fraction of sp³-hybridized carbons (Fsp3) is 0.909. The molecule has 0 rings (SSSR count). The van der Waals surface area contributed by atoms with Crippen LogP contribution in [0.4, 0.5) is 0 Å². The molecule has 0 bridgehead atoms. The van der Waals surface area contributed by atoms with Gasteiger partial charge in [-0.05, 0) is 25.7 Å². The first-order valence-corrected chi connectivity index (χ1v) is 15.0. The van der Waals surface area contributed by atoms with Crippen molar-refractivity contribution in [1.82, 2.24) is 9.80 Å². The van der Waals surface area contributed by atoms with Gasteiger partial charge in [-0.3, -0.25) is 0 Å². The van der Waals surface area contributed by atoms with Crippen molar-refractivity contribution in [2.75, 3.05) is 26.2 Å². The standard InChI is InChI=1S/2C11H23NS2.Mo.2O/c2*1-3-5-7-9-12(11(13)14)10-8-6-4-2;;;/h2*3-10H2,1-2H3,(H,13,14);;;/q;;+2;;/p-2. The fourth-order valence-electron chi connectivity index (χ4n) is 2.80. The van der Waals surface area contributed by atoms with Crippen molar-refractivity contribution in [3.63, 3.8) is 0 Å². The van der Waals surface area contributed by atoms with E-state index in [0.29, 0.717) is 8.64 Å². The van der Waals surface area contributed by atoms with E-state index in [1.807, 2.05) is 0 Å². The van der Waals surface area contributed by atoms with Crippen LogP contribution in [0, 0.1) is 0 Å². The second-order valence-electron chi connectivity index (χ2n) is 7.40. The van der Waals surface area contributed by atoms with Gasteiger partial charge in [-0.2, -0.15) is 0 Å². The summed E-state index contributed by atoms with van der Waals surface area (Å²) in [5, 5.41) is 0. The Labute approximate surface area is 223 Å². The second-order valence-corrected chi connectivity index (χ2v) is 9.80. The topological polar surface area (TPSA) is 40.6 Å². The van der Waals surface area contributed by atoms with Crippen LogP contribution in [0.1, 0.15) is 105 Å². The fourth-order valence-corrected chi connectivity index (χ4v) is 3.53. The molecule has 0 saturated carbocycles. The van der Waals surface area contributed by atoms with E-state index in [9.17, 15) is 0 Å². The zero-order chi connectivity index (χ0) is 24.3. The molecule has 9 heteroatoms. The van der Waals surface area contributed by atoms with Crippen LogP contribution in [0.25, 0.3) is 0 Å². The van der Waals surface area contributed by atoms with Gasteiger partial charge in [0.05, 0.1) is 0 Å². The van der Waals surface area contributed by atoms with E-state index in [2.05, 4.69) is 37.5 Å². The van der Waals surface area contributed by atoms with Crippen LogP contribution < -0.4 is 0 Å². The van der Waals surface area contributed by atoms with Crippen LogP contribution in [0.5, 0.6) is 0 Å². The summed E-state index contributed by atoms with van der Waals surface area (Å²) in [4.78, 5) is 4.35. The van der Waals surface area contributed by atoms with Crippen molar-refractivity contribution in [1.29, 1.82) is 0 Å². The summed E-state index contributed by atoms with van der Waals surface area (Å²) < 4.78 is 18.3. The minimum atomic E-state index is -2.03. The monoisotopic (exact) mass is 594 g/mol. The van der Waals surface area contributed by atoms with Gasteiger partial charge in [-0.1, -0.05) is 87.7 Å². The summed E-state index contributed by atoms with van der Waals surface area (Å²) >= 11 is 18.2. The van der Waals surface area contributed by atoms with Crippen LogP contribution in [0.15, 0.2) is 0 Å². The van der Waals surface area contributed by atoms with E-state index in [4.69, 9.17) is 56.5 Å². The van der Waals surface area contributed by atoms with Gasteiger partial charge in [-0.25, -0.2) is 0 Å². The molecule has 4 nitrogen and oxygen atoms in total. The van der Waals surface area contributed by atoms with Crippen LogP contribution >= 0.6 is 24.4 Å². The number of nitrogens with zero attached hydrogens (tertiary/aromatic N) is 2. The van der Waals surface area contributed by atoms with Gasteiger partial charge in [0, 0.05) is 26.2 Å². The van der Waals surface area contributed by atoms with Gasteiger partial charge in [0.1, 0.15) is 0 Å². The van der Waals surface area contributed by atoms with Crippen molar-refractivity contribution < 1.29 is 25.3 Å². The number of hydrogen-bond acceptors (Lipinski definition) is 6. The number of hydrogen-bond donors (Lipinski definition) is 0. The van der Waals surface area contributed by atoms with E-state index in [-0.39, 0.29) is 0 Å². The Balaban J connectivity index is -0.000000448. The maximum atomic E-state index is 8.50. The van der Waals surface area contributed by atoms with Crippen molar-refractivity contribution in [2.45, 2.75) is 105 Å². The van der Waals surface area contributed by atoms with Gasteiger partial charge >= 0.3 is 25.3 Å². The third-order valence-corrected chi connectivity index (χ3v) is 5.68. The number of unbranched alkanes of at least 4 members (excludes halogenated alkanes) is 8. The molecule has 0 fully saturated rings. The maximum absolute atomic E-state index is 8.50. The number of rotatable bonds is 16. The normalized spacial score (nSPS) is 9.42. The predicted molar refractivity (Wildman–Crippen MR) is 143 cm³/mol. The molecule has 0 aliphatic rings. The third-order valence-electron chi connectivity index (χ3n) is 4.64. The van der Waals surface area contributed by atoms with Crippen molar-refractivity contribution in [3.05, 3.63) is 0 Å². The molecule has 31 heavy (non-hydrogen) atoms. The third kappa shape index (κ3) is 30.5. The minimum absolute atomic E-state index is 0.650. The van der Waals surface area contributed by atoms with Crippen LogP contribution in [-0.4, -0.2) is 44.6 Å². The Hall–Kier alpha value is 0.508. The molecular formula is C22H44MoN2O2S4. The molecule has 0 amide bonds. The Morgan fingerprint density at radius 2 is 0.774 bits per heavy atom. The van der Waals surface area contributed by atoms with Gasteiger partial charge in [-0.15, -0.1) is 0 Å². The van der Waals surface area contributed by atoms with E-state index in [0.717, 1.165) is 26.2 Å². The molecule has 0 radical (unpaired) electrons. The molecule has 0 unspecified atom stereocenters. The molecular weight excluding hydrogens is 548 g/mol. The second kappa shape index (κ2) is 30.5. The molecule has 0 heterocycles. The van der Waals surface area contributed by atoms with Gasteiger partial charge in [0.2, 0.25) is 0 Å². The van der Waals surface area contributed by atoms with E-state index < -0.39 is 18.5 Å². The van der Waals surface area contributed by atoms with E-state index in [1.54, 1.807) is 0 Å². The molecule has 0 saturated heterocycles. The summed E-state index contributed by atoms with van der Waals surface area (Å²) in [6, 6.07) is 0. The molecule has 0 atom stereocenters. The van der Waals surface area contributed by atoms with Crippen molar-refractivity contribution in [3.8, 4) is 0 Å². The summed E-state index contributed by atoms with van der Waals surface area (Å²) in [6.07, 6.45) is 15.0. The van der Waals surface area contributed by atoms with Gasteiger partial charge < -0.3 is 59.5 Å². The average Bonchev–Trinajstić information content (AvgIpc) is 2.72. The Bertz CT molecular complexity index is 397. The number of thiocarbonyl (C=S) groups is 2. The zero-order valence-electron chi connectivity index (χ0n) is 20.1. The van der Waals surface area contributed by atoms with Gasteiger partial charge in [0.25, 0.3) is 0 Å². The Kier molecular flexibility index (Phi) is 35.5. The average molecular weight is 593 g/mol. The van der Waals surface area contributed by atoms with E-state index in [1.165, 1.54) is 77.0 Å². The first-order chi connectivity index (χ1) is 14.9. The van der Waals surface area contributed by atoms with Crippen LogP contribution in [-0.2, 0) is 50.5 Å².